The predicted molar refractivity (Wildman–Crippen MR) is 139 cm³/mol. The topological polar surface area (TPSA) is 146 Å². The van der Waals surface area contributed by atoms with Crippen molar-refractivity contribution < 1.29 is 24.3 Å². The average molecular weight is 506 g/mol. The Morgan fingerprint density at radius 1 is 0.973 bits per heavy atom. The van der Waals surface area contributed by atoms with Crippen molar-refractivity contribution in [2.75, 3.05) is 44.7 Å². The van der Waals surface area contributed by atoms with E-state index in [4.69, 9.17) is 15.7 Å². The van der Waals surface area contributed by atoms with Crippen LogP contribution in [0.3, 0.4) is 0 Å². The van der Waals surface area contributed by atoms with E-state index in [9.17, 15) is 14.4 Å². The van der Waals surface area contributed by atoms with E-state index >= 15 is 0 Å². The molecule has 10 heteroatoms. The minimum absolute atomic E-state index is 0. The van der Waals surface area contributed by atoms with Gasteiger partial charge in [0.1, 0.15) is 6.04 Å². The minimum atomic E-state index is -1.04. The summed E-state index contributed by atoms with van der Waals surface area (Å²) in [4.78, 5) is 37.9. The van der Waals surface area contributed by atoms with E-state index in [0.29, 0.717) is 36.6 Å². The fourth-order valence-corrected chi connectivity index (χ4v) is 3.26. The van der Waals surface area contributed by atoms with E-state index in [0.717, 1.165) is 18.7 Å². The second kappa shape index (κ2) is 15.0. The summed E-state index contributed by atoms with van der Waals surface area (Å²) in [5.74, 6) is 10.0. The molecular weight excluding hydrogens is 474 g/mol. The van der Waals surface area contributed by atoms with Gasteiger partial charge >= 0.3 is 0 Å². The van der Waals surface area contributed by atoms with Gasteiger partial charge < -0.3 is 21.1 Å². The number of amides is 3. The normalized spacial score (nSPS) is 13.4. The van der Waals surface area contributed by atoms with Crippen LogP contribution in [0.1, 0.15) is 28.9 Å². The Kier molecular flexibility index (Phi) is 11.8. The van der Waals surface area contributed by atoms with E-state index in [-0.39, 0.29) is 19.9 Å². The molecule has 3 rings (SSSR count). The van der Waals surface area contributed by atoms with Gasteiger partial charge in [0.05, 0.1) is 19.8 Å². The van der Waals surface area contributed by atoms with Crippen LogP contribution in [0.15, 0.2) is 48.5 Å². The first-order valence-corrected chi connectivity index (χ1v) is 11.3. The zero-order valence-corrected chi connectivity index (χ0v) is 19.5. The van der Waals surface area contributed by atoms with E-state index in [2.05, 4.69) is 39.2 Å². The van der Waals surface area contributed by atoms with Gasteiger partial charge in [-0.3, -0.25) is 24.5 Å². The van der Waals surface area contributed by atoms with Gasteiger partial charge in [-0.05, 0) is 60.4 Å². The molecule has 1 aliphatic rings. The van der Waals surface area contributed by atoms with Gasteiger partial charge in [0.15, 0.2) is 0 Å². The van der Waals surface area contributed by atoms with Gasteiger partial charge in [-0.1, -0.05) is 19.3 Å². The summed E-state index contributed by atoms with van der Waals surface area (Å²) in [7, 11) is 0. The molecule has 1 aliphatic heterocycles. The van der Waals surface area contributed by atoms with Crippen LogP contribution in [0, 0.1) is 23.7 Å². The van der Waals surface area contributed by atoms with Crippen LogP contribution in [0.5, 0.6) is 0 Å². The summed E-state index contributed by atoms with van der Waals surface area (Å²) in [6.45, 7) is 2.98. The largest absolute Gasteiger partial charge is 0.379 e. The maximum Gasteiger partial charge on any atom is 0.267 e. The molecule has 194 valence electrons. The lowest BCUT2D eigenvalue weighted by Crippen LogP contribution is -2.50. The molecule has 0 spiro atoms. The molecule has 0 aliphatic carbocycles. The molecule has 0 saturated carbocycles. The van der Waals surface area contributed by atoms with E-state index in [1.807, 2.05) is 0 Å². The van der Waals surface area contributed by atoms with Crippen LogP contribution in [-0.2, 0) is 14.3 Å². The number of hydrogen-bond acceptors (Lipinski definition) is 7. The highest BCUT2D eigenvalue weighted by molar-refractivity contribution is 5.97. The van der Waals surface area contributed by atoms with E-state index in [1.54, 1.807) is 48.5 Å². The Balaban J connectivity index is 0.00000481. The molecule has 1 saturated heterocycles. The number of hydroxylamine groups is 1. The van der Waals surface area contributed by atoms with Crippen LogP contribution in [0.4, 0.5) is 5.69 Å². The van der Waals surface area contributed by atoms with Crippen molar-refractivity contribution >= 4 is 23.4 Å². The number of rotatable bonds is 7. The van der Waals surface area contributed by atoms with Crippen molar-refractivity contribution in [1.82, 2.24) is 15.7 Å². The van der Waals surface area contributed by atoms with Crippen LogP contribution < -0.4 is 21.8 Å². The van der Waals surface area contributed by atoms with E-state index in [1.165, 1.54) is 5.48 Å². The molecular formula is C27H31N5O5. The molecule has 0 aromatic heterocycles. The second-order valence-electron chi connectivity index (χ2n) is 7.83. The zero-order valence-electron chi connectivity index (χ0n) is 19.5. The molecule has 1 heterocycles. The molecule has 0 bridgehead atoms. The maximum atomic E-state index is 12.2. The number of benzene rings is 2. The average Bonchev–Trinajstić information content (AvgIpc) is 2.91. The summed E-state index contributed by atoms with van der Waals surface area (Å²) in [6, 6.07) is 12.6. The molecule has 1 fully saturated rings. The SMILES string of the molecule is C.NC[C@H](NC(=O)c1ccc(C#CC#Cc2ccc(NC(=O)CN3CCOCC3)cc2)cc1)C(=O)NO. The predicted octanol–water partition coefficient (Wildman–Crippen LogP) is 0.559. The first-order chi connectivity index (χ1) is 17.5. The van der Waals surface area contributed by atoms with Crippen molar-refractivity contribution in [3.63, 3.8) is 0 Å². The van der Waals surface area contributed by atoms with Crippen LogP contribution in [0.25, 0.3) is 0 Å². The molecule has 10 nitrogen and oxygen atoms in total. The number of carbonyl (C=O) groups is 3. The quantitative estimate of drug-likeness (QED) is 0.210. The summed E-state index contributed by atoms with van der Waals surface area (Å²) in [5, 5.41) is 14.0. The van der Waals surface area contributed by atoms with Crippen LogP contribution >= 0.6 is 0 Å². The summed E-state index contributed by atoms with van der Waals surface area (Å²) < 4.78 is 5.28. The Morgan fingerprint density at radius 3 is 2.08 bits per heavy atom. The van der Waals surface area contributed by atoms with Crippen LogP contribution in [0.2, 0.25) is 0 Å². The van der Waals surface area contributed by atoms with Gasteiger partial charge in [0, 0.05) is 42.0 Å². The fourth-order valence-electron chi connectivity index (χ4n) is 3.26. The number of hydrogen-bond donors (Lipinski definition) is 5. The number of morpholine rings is 1. The lowest BCUT2D eigenvalue weighted by atomic mass is 10.1. The monoisotopic (exact) mass is 505 g/mol. The molecule has 37 heavy (non-hydrogen) atoms. The van der Waals surface area contributed by atoms with E-state index < -0.39 is 17.9 Å². The van der Waals surface area contributed by atoms with Gasteiger partial charge in [0.25, 0.3) is 11.8 Å². The Morgan fingerprint density at radius 2 is 1.54 bits per heavy atom. The van der Waals surface area contributed by atoms with Crippen molar-refractivity contribution in [3.8, 4) is 23.7 Å². The second-order valence-corrected chi connectivity index (χ2v) is 7.83. The number of nitrogens with two attached hydrogens (primary N) is 1. The van der Waals surface area contributed by atoms with Gasteiger partial charge in [0.2, 0.25) is 5.91 Å². The Bertz CT molecular complexity index is 1180. The van der Waals surface area contributed by atoms with Crippen LogP contribution in [-0.4, -0.2) is 73.3 Å². The molecule has 1 atom stereocenters. The highest BCUT2D eigenvalue weighted by atomic mass is 16.5. The third-order valence-corrected chi connectivity index (χ3v) is 5.23. The van der Waals surface area contributed by atoms with Crippen molar-refractivity contribution in [2.24, 2.45) is 5.73 Å². The number of nitrogens with zero attached hydrogens (tertiary/aromatic N) is 1. The molecule has 6 N–H and O–H groups in total. The standard InChI is InChI=1S/C26H27N5O5.CH4/c27-17-23(26(34)30-35)29-25(33)21-9-5-19(6-10-21)3-1-2-4-20-7-11-22(12-8-20)28-24(32)18-31-13-15-36-16-14-31;/h5-12,23,35H,13-18,27H2,(H,28,32)(H,29,33)(H,30,34);1H4/t23-;/m0./s1. The molecule has 0 unspecified atom stereocenters. The Hall–Kier alpha value is -4.19. The first kappa shape index (κ1) is 29.0. The van der Waals surface area contributed by atoms with Crippen molar-refractivity contribution in [1.29, 1.82) is 0 Å². The first-order valence-electron chi connectivity index (χ1n) is 11.3. The Labute approximate surface area is 216 Å². The summed E-state index contributed by atoms with van der Waals surface area (Å²) in [5.41, 5.74) is 9.31. The number of carbonyl (C=O) groups excluding carboxylic acids is 3. The zero-order chi connectivity index (χ0) is 25.8. The number of ether oxygens (including phenoxy) is 1. The highest BCUT2D eigenvalue weighted by Gasteiger charge is 2.19. The smallest absolute Gasteiger partial charge is 0.267 e. The highest BCUT2D eigenvalue weighted by Crippen LogP contribution is 2.09. The fraction of sp³-hybridized carbons (Fsp3) is 0.296. The van der Waals surface area contributed by atoms with Gasteiger partial charge in [-0.2, -0.15) is 0 Å². The lowest BCUT2D eigenvalue weighted by molar-refractivity contribution is -0.130. The third-order valence-electron chi connectivity index (χ3n) is 5.23. The maximum absolute atomic E-state index is 12.2. The molecule has 3 amide bonds. The molecule has 2 aromatic rings. The molecule has 0 radical (unpaired) electrons. The number of anilines is 1. The van der Waals surface area contributed by atoms with Crippen molar-refractivity contribution in [2.45, 2.75) is 13.5 Å². The summed E-state index contributed by atoms with van der Waals surface area (Å²) >= 11 is 0. The number of nitrogens with one attached hydrogen (secondary N) is 3. The molecule has 2 aromatic carbocycles. The van der Waals surface area contributed by atoms with Gasteiger partial charge in [-0.25, -0.2) is 5.48 Å². The minimum Gasteiger partial charge on any atom is -0.379 e. The van der Waals surface area contributed by atoms with Gasteiger partial charge in [-0.15, -0.1) is 0 Å². The third kappa shape index (κ3) is 9.41. The summed E-state index contributed by atoms with van der Waals surface area (Å²) in [6.07, 6.45) is 0. The lowest BCUT2D eigenvalue weighted by Gasteiger charge is -2.25. The van der Waals surface area contributed by atoms with Crippen molar-refractivity contribution in [3.05, 3.63) is 65.2 Å².